The molecule has 2 rings (SSSR count). The van der Waals surface area contributed by atoms with Gasteiger partial charge in [-0.25, -0.2) is 4.79 Å². The van der Waals surface area contributed by atoms with E-state index < -0.39 is 5.97 Å². The summed E-state index contributed by atoms with van der Waals surface area (Å²) in [5, 5.41) is 3.38. The predicted molar refractivity (Wildman–Crippen MR) is 85.7 cm³/mol. The summed E-state index contributed by atoms with van der Waals surface area (Å²) in [5.74, 6) is -0.0502. The number of halogens is 1. The van der Waals surface area contributed by atoms with Crippen molar-refractivity contribution in [1.82, 2.24) is 5.32 Å². The monoisotopic (exact) mass is 323 g/mol. The standard InChI is InChI=1S/C15H19BClNO4/c1-3-5-13(19)18-12-7-9-6-10(17)8-11(14(9)22-16-12)15(20)21-4-2/h6,8,12,16H,3-5,7H2,1-2H3,(H,18,19). The molecule has 0 saturated carbocycles. The highest BCUT2D eigenvalue weighted by molar-refractivity contribution is 6.33. The molecule has 22 heavy (non-hydrogen) atoms. The molecule has 1 unspecified atom stereocenters. The third-order valence-electron chi connectivity index (χ3n) is 3.36. The lowest BCUT2D eigenvalue weighted by Crippen LogP contribution is -2.45. The highest BCUT2D eigenvalue weighted by Gasteiger charge is 2.28. The third-order valence-corrected chi connectivity index (χ3v) is 3.58. The molecule has 0 radical (unpaired) electrons. The third kappa shape index (κ3) is 3.94. The first kappa shape index (κ1) is 16.7. The fourth-order valence-electron chi connectivity index (χ4n) is 2.46. The summed E-state index contributed by atoms with van der Waals surface area (Å²) in [5.41, 5.74) is 1.14. The number of esters is 1. The Labute approximate surface area is 135 Å². The second kappa shape index (κ2) is 7.54. The quantitative estimate of drug-likeness (QED) is 0.665. The molecule has 1 atom stereocenters. The van der Waals surface area contributed by atoms with Crippen LogP contribution in [0, 0.1) is 0 Å². The summed E-state index contributed by atoms with van der Waals surface area (Å²) in [6.07, 6.45) is 1.87. The molecule has 1 aliphatic heterocycles. The van der Waals surface area contributed by atoms with E-state index in [0.29, 0.717) is 36.7 Å². The lowest BCUT2D eigenvalue weighted by atomic mass is 9.79. The van der Waals surface area contributed by atoms with Crippen LogP contribution in [0.15, 0.2) is 12.1 Å². The number of carbonyl (C=O) groups is 2. The van der Waals surface area contributed by atoms with Crippen molar-refractivity contribution < 1.29 is 19.0 Å². The minimum absolute atomic E-state index is 0.00666. The molecule has 1 heterocycles. The maximum Gasteiger partial charge on any atom is 0.363 e. The SMILES string of the molecule is CCCC(=O)NC1BOc2c(cc(Cl)cc2C(=O)OCC)C1. The predicted octanol–water partition coefficient (Wildman–Crippen LogP) is 2.05. The van der Waals surface area contributed by atoms with Crippen molar-refractivity contribution in [3.05, 3.63) is 28.3 Å². The molecule has 0 bridgehead atoms. The van der Waals surface area contributed by atoms with Gasteiger partial charge in [0.2, 0.25) is 5.91 Å². The van der Waals surface area contributed by atoms with Gasteiger partial charge in [-0.2, -0.15) is 0 Å². The first-order valence-electron chi connectivity index (χ1n) is 7.46. The van der Waals surface area contributed by atoms with Gasteiger partial charge in [-0.3, -0.25) is 4.79 Å². The zero-order chi connectivity index (χ0) is 16.1. The Hall–Kier alpha value is -1.69. The summed E-state index contributed by atoms with van der Waals surface area (Å²) < 4.78 is 10.7. The number of benzene rings is 1. The number of nitrogens with one attached hydrogen (secondary N) is 1. The summed E-state index contributed by atoms with van der Waals surface area (Å²) in [4.78, 5) is 23.7. The van der Waals surface area contributed by atoms with Gasteiger partial charge in [0.15, 0.2) is 0 Å². The van der Waals surface area contributed by atoms with E-state index in [1.165, 1.54) is 0 Å². The Morgan fingerprint density at radius 1 is 1.45 bits per heavy atom. The van der Waals surface area contributed by atoms with Crippen LogP contribution in [0.3, 0.4) is 0 Å². The molecule has 5 nitrogen and oxygen atoms in total. The summed E-state index contributed by atoms with van der Waals surface area (Å²) in [6.45, 7) is 3.99. The van der Waals surface area contributed by atoms with Gasteiger partial charge < -0.3 is 14.7 Å². The van der Waals surface area contributed by atoms with Crippen molar-refractivity contribution in [3.63, 3.8) is 0 Å². The zero-order valence-electron chi connectivity index (χ0n) is 12.8. The smallest absolute Gasteiger partial charge is 0.363 e. The minimum Gasteiger partial charge on any atom is -0.561 e. The molecule has 7 heteroatoms. The molecule has 1 N–H and O–H groups in total. The number of carbonyl (C=O) groups excluding carboxylic acids is 2. The zero-order valence-corrected chi connectivity index (χ0v) is 13.5. The minimum atomic E-state index is -0.449. The van der Waals surface area contributed by atoms with E-state index in [2.05, 4.69) is 5.32 Å². The van der Waals surface area contributed by atoms with E-state index in [1.807, 2.05) is 6.92 Å². The van der Waals surface area contributed by atoms with Crippen LogP contribution in [0.4, 0.5) is 0 Å². The normalized spacial score (nSPS) is 16.0. The number of rotatable bonds is 5. The average Bonchev–Trinajstić information content (AvgIpc) is 2.46. The highest BCUT2D eigenvalue weighted by Crippen LogP contribution is 2.32. The van der Waals surface area contributed by atoms with Crippen molar-refractivity contribution in [2.75, 3.05) is 6.61 Å². The van der Waals surface area contributed by atoms with Gasteiger partial charge in [0.25, 0.3) is 0 Å². The van der Waals surface area contributed by atoms with Crippen molar-refractivity contribution in [2.24, 2.45) is 0 Å². The molecule has 1 aromatic rings. The molecular weight excluding hydrogens is 304 g/mol. The van der Waals surface area contributed by atoms with Crippen molar-refractivity contribution in [2.45, 2.75) is 39.1 Å². The number of fused-ring (bicyclic) bond motifs is 1. The van der Waals surface area contributed by atoms with E-state index in [-0.39, 0.29) is 18.5 Å². The Kier molecular flexibility index (Phi) is 5.72. The Morgan fingerprint density at radius 2 is 2.23 bits per heavy atom. The van der Waals surface area contributed by atoms with E-state index in [9.17, 15) is 9.59 Å². The van der Waals surface area contributed by atoms with Gasteiger partial charge in [0, 0.05) is 17.4 Å². The second-order valence-electron chi connectivity index (χ2n) is 5.19. The molecule has 0 saturated heterocycles. The van der Waals surface area contributed by atoms with Gasteiger partial charge in [-0.1, -0.05) is 18.5 Å². The molecule has 0 aromatic heterocycles. The summed E-state index contributed by atoms with van der Waals surface area (Å²) in [6, 6.07) is 3.31. The van der Waals surface area contributed by atoms with Crippen LogP contribution in [-0.4, -0.2) is 31.9 Å². The van der Waals surface area contributed by atoms with Crippen molar-refractivity contribution in [3.8, 4) is 5.75 Å². The Morgan fingerprint density at radius 3 is 2.91 bits per heavy atom. The van der Waals surface area contributed by atoms with Crippen LogP contribution < -0.4 is 9.97 Å². The van der Waals surface area contributed by atoms with Crippen LogP contribution in [0.25, 0.3) is 0 Å². The maximum absolute atomic E-state index is 12.0. The van der Waals surface area contributed by atoms with Crippen LogP contribution >= 0.6 is 11.6 Å². The molecule has 0 aliphatic carbocycles. The van der Waals surface area contributed by atoms with Gasteiger partial charge >= 0.3 is 13.5 Å². The number of ether oxygens (including phenoxy) is 1. The molecule has 118 valence electrons. The lowest BCUT2D eigenvalue weighted by molar-refractivity contribution is -0.121. The highest BCUT2D eigenvalue weighted by atomic mass is 35.5. The lowest BCUT2D eigenvalue weighted by Gasteiger charge is -2.26. The Balaban J connectivity index is 2.18. The van der Waals surface area contributed by atoms with Crippen LogP contribution in [0.2, 0.25) is 5.02 Å². The van der Waals surface area contributed by atoms with Crippen molar-refractivity contribution >= 4 is 31.0 Å². The number of amides is 1. The van der Waals surface area contributed by atoms with E-state index in [0.717, 1.165) is 12.0 Å². The average molecular weight is 324 g/mol. The van der Waals surface area contributed by atoms with Gasteiger partial charge in [-0.15, -0.1) is 0 Å². The second-order valence-corrected chi connectivity index (χ2v) is 5.63. The van der Waals surface area contributed by atoms with Crippen LogP contribution in [-0.2, 0) is 16.0 Å². The van der Waals surface area contributed by atoms with E-state index in [1.54, 1.807) is 19.1 Å². The summed E-state index contributed by atoms with van der Waals surface area (Å²) in [7, 11) is 0.330. The first-order chi connectivity index (χ1) is 10.5. The maximum atomic E-state index is 12.0. The molecule has 1 aliphatic rings. The van der Waals surface area contributed by atoms with Crippen LogP contribution in [0.5, 0.6) is 5.75 Å². The number of hydrogen-bond acceptors (Lipinski definition) is 4. The molecule has 0 spiro atoms. The van der Waals surface area contributed by atoms with E-state index in [4.69, 9.17) is 21.0 Å². The largest absolute Gasteiger partial charge is 0.561 e. The van der Waals surface area contributed by atoms with Crippen LogP contribution in [0.1, 0.15) is 42.6 Å². The first-order valence-corrected chi connectivity index (χ1v) is 7.84. The molecule has 0 fully saturated rings. The molecule has 1 amide bonds. The fourth-order valence-corrected chi connectivity index (χ4v) is 2.70. The topological polar surface area (TPSA) is 64.6 Å². The van der Waals surface area contributed by atoms with Crippen molar-refractivity contribution in [1.29, 1.82) is 0 Å². The molecule has 1 aromatic carbocycles. The number of hydrogen-bond donors (Lipinski definition) is 1. The van der Waals surface area contributed by atoms with Gasteiger partial charge in [-0.05, 0) is 37.5 Å². The van der Waals surface area contributed by atoms with Gasteiger partial charge in [0.1, 0.15) is 11.3 Å². The fraction of sp³-hybridized carbons (Fsp3) is 0.467. The van der Waals surface area contributed by atoms with E-state index >= 15 is 0 Å². The van der Waals surface area contributed by atoms with Gasteiger partial charge in [0.05, 0.1) is 6.61 Å². The Bertz CT molecular complexity index is 579. The molecular formula is C15H19BClNO4. The summed E-state index contributed by atoms with van der Waals surface area (Å²) >= 11 is 6.08.